The Hall–Kier alpha value is -3.67. The zero-order valence-corrected chi connectivity index (χ0v) is 15.3. The second-order valence-electron chi connectivity index (χ2n) is 6.20. The molecule has 3 aromatic rings. The number of benzene rings is 2. The fourth-order valence-electron chi connectivity index (χ4n) is 2.77. The Balaban J connectivity index is 1.81. The Bertz CT molecular complexity index is 944. The number of carboxylic acid groups (broad SMARTS) is 1. The predicted octanol–water partition coefficient (Wildman–Crippen LogP) is 3.22. The van der Waals surface area contributed by atoms with Gasteiger partial charge >= 0.3 is 5.97 Å². The number of nitrogens with one attached hydrogen (secondary N) is 2. The second-order valence-corrected chi connectivity index (χ2v) is 6.20. The summed E-state index contributed by atoms with van der Waals surface area (Å²) in [6, 6.07) is 23.1. The Kier molecular flexibility index (Phi) is 6.36. The summed E-state index contributed by atoms with van der Waals surface area (Å²) < 4.78 is 0. The molecule has 0 saturated carbocycles. The van der Waals surface area contributed by atoms with Gasteiger partial charge in [-0.15, -0.1) is 0 Å². The molecule has 0 bridgehead atoms. The number of hydrogen-bond acceptors (Lipinski definition) is 4. The first-order valence-corrected chi connectivity index (χ1v) is 8.98. The molecule has 28 heavy (non-hydrogen) atoms. The fraction of sp³-hybridized carbons (Fsp3) is 0.136. The number of amides is 1. The maximum Gasteiger partial charge on any atom is 0.322 e. The van der Waals surface area contributed by atoms with Gasteiger partial charge in [0.2, 0.25) is 0 Å². The highest BCUT2D eigenvalue weighted by molar-refractivity contribution is 6.00. The van der Waals surface area contributed by atoms with E-state index in [4.69, 9.17) is 5.11 Å². The second kappa shape index (κ2) is 9.32. The van der Waals surface area contributed by atoms with E-state index in [-0.39, 0.29) is 0 Å². The van der Waals surface area contributed by atoms with Gasteiger partial charge in [-0.05, 0) is 24.1 Å². The number of anilines is 1. The summed E-state index contributed by atoms with van der Waals surface area (Å²) in [5, 5.41) is 14.4. The standard InChI is InChI=1S/C22H21N3O3/c26-20(27)15-24-22(28)18-11-12-19(17-9-5-2-6-10-17)25-21(18)23-14-13-16-7-3-1-4-8-16/h1-12H,13-15H2,(H,23,25)(H,24,28)(H,26,27). The van der Waals surface area contributed by atoms with Crippen LogP contribution in [0.25, 0.3) is 11.3 Å². The SMILES string of the molecule is O=C(O)CNC(=O)c1ccc(-c2ccccc2)nc1NCCc1ccccc1. The minimum atomic E-state index is -1.10. The van der Waals surface area contributed by atoms with Crippen LogP contribution < -0.4 is 10.6 Å². The van der Waals surface area contributed by atoms with E-state index < -0.39 is 18.4 Å². The lowest BCUT2D eigenvalue weighted by molar-refractivity contribution is -0.135. The van der Waals surface area contributed by atoms with E-state index in [1.165, 1.54) is 5.56 Å². The van der Waals surface area contributed by atoms with E-state index in [9.17, 15) is 9.59 Å². The molecule has 0 unspecified atom stereocenters. The number of nitrogens with zero attached hydrogens (tertiary/aromatic N) is 1. The van der Waals surface area contributed by atoms with Gasteiger partial charge in [0.15, 0.2) is 0 Å². The molecule has 142 valence electrons. The number of carbonyl (C=O) groups excluding carboxylic acids is 1. The molecule has 0 radical (unpaired) electrons. The van der Waals surface area contributed by atoms with Gasteiger partial charge in [-0.2, -0.15) is 0 Å². The molecule has 1 heterocycles. The van der Waals surface area contributed by atoms with Gasteiger partial charge < -0.3 is 15.7 Å². The van der Waals surface area contributed by atoms with Gasteiger partial charge in [-0.1, -0.05) is 60.7 Å². The zero-order valence-electron chi connectivity index (χ0n) is 15.3. The van der Waals surface area contributed by atoms with Crippen molar-refractivity contribution in [2.75, 3.05) is 18.4 Å². The summed E-state index contributed by atoms with van der Waals surface area (Å²) in [5.74, 6) is -1.14. The smallest absolute Gasteiger partial charge is 0.322 e. The first kappa shape index (κ1) is 19.1. The lowest BCUT2D eigenvalue weighted by Gasteiger charge is -2.13. The highest BCUT2D eigenvalue weighted by Crippen LogP contribution is 2.22. The van der Waals surface area contributed by atoms with Gasteiger partial charge in [-0.25, -0.2) is 4.98 Å². The van der Waals surface area contributed by atoms with E-state index in [0.717, 1.165) is 17.7 Å². The average Bonchev–Trinajstić information content (AvgIpc) is 2.73. The first-order chi connectivity index (χ1) is 13.6. The summed E-state index contributed by atoms with van der Waals surface area (Å²) >= 11 is 0. The van der Waals surface area contributed by atoms with Crippen molar-refractivity contribution in [1.29, 1.82) is 0 Å². The number of carboxylic acids is 1. The van der Waals surface area contributed by atoms with Crippen LogP contribution in [0, 0.1) is 0 Å². The fourth-order valence-corrected chi connectivity index (χ4v) is 2.77. The summed E-state index contributed by atoms with van der Waals surface area (Å²) in [7, 11) is 0. The largest absolute Gasteiger partial charge is 0.480 e. The number of hydrogen-bond donors (Lipinski definition) is 3. The molecule has 1 amide bonds. The minimum absolute atomic E-state index is 0.314. The Labute approximate surface area is 163 Å². The van der Waals surface area contributed by atoms with Crippen LogP contribution in [0.1, 0.15) is 15.9 Å². The van der Waals surface area contributed by atoms with Crippen LogP contribution in [-0.4, -0.2) is 35.1 Å². The molecule has 6 nitrogen and oxygen atoms in total. The molecule has 0 aliphatic heterocycles. The van der Waals surface area contributed by atoms with E-state index in [1.54, 1.807) is 12.1 Å². The highest BCUT2D eigenvalue weighted by Gasteiger charge is 2.15. The Morgan fingerprint density at radius 3 is 2.25 bits per heavy atom. The molecule has 2 aromatic carbocycles. The van der Waals surface area contributed by atoms with Crippen LogP contribution >= 0.6 is 0 Å². The molecule has 3 rings (SSSR count). The van der Waals surface area contributed by atoms with Gasteiger partial charge in [-0.3, -0.25) is 9.59 Å². The number of rotatable bonds is 8. The maximum atomic E-state index is 12.4. The number of aliphatic carboxylic acids is 1. The van der Waals surface area contributed by atoms with Crippen LogP contribution in [0.3, 0.4) is 0 Å². The zero-order chi connectivity index (χ0) is 19.8. The molecule has 3 N–H and O–H groups in total. The van der Waals surface area contributed by atoms with Gasteiger partial charge in [0, 0.05) is 12.1 Å². The van der Waals surface area contributed by atoms with Gasteiger partial charge in [0.05, 0.1) is 11.3 Å². The number of pyridine rings is 1. The minimum Gasteiger partial charge on any atom is -0.480 e. The van der Waals surface area contributed by atoms with Crippen molar-refractivity contribution in [3.05, 3.63) is 83.9 Å². The monoisotopic (exact) mass is 375 g/mol. The van der Waals surface area contributed by atoms with Crippen molar-refractivity contribution in [3.63, 3.8) is 0 Å². The summed E-state index contributed by atoms with van der Waals surface area (Å²) in [4.78, 5) is 27.7. The summed E-state index contributed by atoms with van der Waals surface area (Å²) in [5.41, 5.74) is 3.16. The molecule has 0 fully saturated rings. The van der Waals surface area contributed by atoms with Crippen molar-refractivity contribution in [2.45, 2.75) is 6.42 Å². The Morgan fingerprint density at radius 1 is 0.893 bits per heavy atom. The van der Waals surface area contributed by atoms with Crippen molar-refractivity contribution in [2.24, 2.45) is 0 Å². The van der Waals surface area contributed by atoms with Gasteiger partial charge in [0.25, 0.3) is 5.91 Å². The first-order valence-electron chi connectivity index (χ1n) is 8.98. The van der Waals surface area contributed by atoms with Crippen molar-refractivity contribution < 1.29 is 14.7 Å². The van der Waals surface area contributed by atoms with Crippen LogP contribution in [0.15, 0.2) is 72.8 Å². The quantitative estimate of drug-likeness (QED) is 0.562. The normalized spacial score (nSPS) is 10.3. The van der Waals surface area contributed by atoms with Crippen molar-refractivity contribution >= 4 is 17.7 Å². The lowest BCUT2D eigenvalue weighted by Crippen LogP contribution is -2.30. The van der Waals surface area contributed by atoms with E-state index in [2.05, 4.69) is 15.6 Å². The maximum absolute atomic E-state index is 12.4. The third-order valence-electron chi connectivity index (χ3n) is 4.16. The molecule has 1 aromatic heterocycles. The van der Waals surface area contributed by atoms with Crippen molar-refractivity contribution in [3.8, 4) is 11.3 Å². The number of carbonyl (C=O) groups is 2. The molecule has 0 atom stereocenters. The topological polar surface area (TPSA) is 91.3 Å². The van der Waals surface area contributed by atoms with Gasteiger partial charge in [0.1, 0.15) is 12.4 Å². The third kappa shape index (κ3) is 5.17. The molecule has 0 saturated heterocycles. The highest BCUT2D eigenvalue weighted by atomic mass is 16.4. The van der Waals surface area contributed by atoms with Crippen LogP contribution in [-0.2, 0) is 11.2 Å². The Morgan fingerprint density at radius 2 is 1.57 bits per heavy atom. The molecule has 0 aliphatic rings. The summed E-state index contributed by atoms with van der Waals surface area (Å²) in [6.45, 7) is 0.150. The van der Waals surface area contributed by atoms with E-state index in [1.807, 2.05) is 60.7 Å². The predicted molar refractivity (Wildman–Crippen MR) is 108 cm³/mol. The molecule has 6 heteroatoms. The van der Waals surface area contributed by atoms with E-state index >= 15 is 0 Å². The van der Waals surface area contributed by atoms with E-state index in [0.29, 0.717) is 17.9 Å². The molecular formula is C22H21N3O3. The van der Waals surface area contributed by atoms with Crippen molar-refractivity contribution in [1.82, 2.24) is 10.3 Å². The number of aromatic nitrogens is 1. The third-order valence-corrected chi connectivity index (χ3v) is 4.16. The van der Waals surface area contributed by atoms with Crippen LogP contribution in [0.4, 0.5) is 5.82 Å². The summed E-state index contributed by atoms with van der Waals surface area (Å²) in [6.07, 6.45) is 0.772. The molecule has 0 spiro atoms. The molecular weight excluding hydrogens is 354 g/mol. The van der Waals surface area contributed by atoms with Crippen LogP contribution in [0.5, 0.6) is 0 Å². The lowest BCUT2D eigenvalue weighted by atomic mass is 10.1. The molecule has 0 aliphatic carbocycles. The van der Waals surface area contributed by atoms with Crippen LogP contribution in [0.2, 0.25) is 0 Å². The average molecular weight is 375 g/mol.